The van der Waals surface area contributed by atoms with Gasteiger partial charge in [-0.2, -0.15) is 0 Å². The Bertz CT molecular complexity index is 121. The van der Waals surface area contributed by atoms with Gasteiger partial charge in [0.2, 0.25) is 0 Å². The van der Waals surface area contributed by atoms with Crippen LogP contribution in [0.25, 0.3) is 0 Å². The van der Waals surface area contributed by atoms with Crippen LogP contribution in [0.15, 0.2) is 0 Å². The van der Waals surface area contributed by atoms with E-state index in [0.717, 1.165) is 6.54 Å². The number of likely N-dealkylation sites (N-methyl/N-ethyl adjacent to an activating group) is 1. The summed E-state index contributed by atoms with van der Waals surface area (Å²) < 4.78 is 17.8. The van der Waals surface area contributed by atoms with Gasteiger partial charge in [0, 0.05) is 19.7 Å². The molecule has 0 radical (unpaired) electrons. The first-order chi connectivity index (χ1) is 5.27. The van der Waals surface area contributed by atoms with Crippen molar-refractivity contribution in [1.29, 1.82) is 0 Å². The number of hydrogen-bond acceptors (Lipinski definition) is 2. The minimum atomic E-state index is -0.643. The van der Waals surface area contributed by atoms with E-state index in [1.165, 1.54) is 0 Å². The average molecular weight is 161 g/mol. The van der Waals surface area contributed by atoms with E-state index in [0.29, 0.717) is 25.6 Å². The maximum atomic E-state index is 12.8. The van der Waals surface area contributed by atoms with Crippen LogP contribution in [0.3, 0.4) is 0 Å². The van der Waals surface area contributed by atoms with Crippen LogP contribution < -0.4 is 0 Å². The monoisotopic (exact) mass is 161 g/mol. The summed E-state index contributed by atoms with van der Waals surface area (Å²) in [7, 11) is 1.67. The zero-order valence-corrected chi connectivity index (χ0v) is 7.22. The molecule has 1 heterocycles. The number of hydrogen-bond donors (Lipinski definition) is 0. The van der Waals surface area contributed by atoms with Gasteiger partial charge in [-0.3, -0.25) is 4.90 Å². The molecule has 66 valence electrons. The van der Waals surface area contributed by atoms with E-state index in [2.05, 4.69) is 11.8 Å². The van der Waals surface area contributed by atoms with Crippen LogP contribution in [0.2, 0.25) is 0 Å². The fourth-order valence-electron chi connectivity index (χ4n) is 1.68. The van der Waals surface area contributed by atoms with E-state index in [1.54, 1.807) is 7.11 Å². The number of alkyl halides is 1. The summed E-state index contributed by atoms with van der Waals surface area (Å²) in [5.74, 6) is 0. The van der Waals surface area contributed by atoms with E-state index in [9.17, 15) is 4.39 Å². The first-order valence-corrected chi connectivity index (χ1v) is 4.15. The van der Waals surface area contributed by atoms with Gasteiger partial charge in [-0.05, 0) is 13.0 Å². The molecule has 1 fully saturated rings. The van der Waals surface area contributed by atoms with Crippen LogP contribution in [0, 0.1) is 0 Å². The van der Waals surface area contributed by atoms with Crippen molar-refractivity contribution in [2.24, 2.45) is 0 Å². The number of nitrogens with zero attached hydrogens (tertiary/aromatic N) is 1. The number of methoxy groups -OCH3 is 1. The predicted octanol–water partition coefficient (Wildman–Crippen LogP) is 1.07. The molecule has 1 aliphatic rings. The SMILES string of the molecule is CCN1C[C@H](F)CC1COC. The molecule has 0 saturated carbocycles. The third kappa shape index (κ3) is 2.14. The first-order valence-electron chi connectivity index (χ1n) is 4.15. The molecule has 1 saturated heterocycles. The largest absolute Gasteiger partial charge is 0.383 e. The molecule has 2 nitrogen and oxygen atoms in total. The zero-order valence-electron chi connectivity index (χ0n) is 7.22. The second-order valence-electron chi connectivity index (χ2n) is 3.03. The van der Waals surface area contributed by atoms with Crippen molar-refractivity contribution in [1.82, 2.24) is 4.90 Å². The summed E-state index contributed by atoms with van der Waals surface area (Å²) in [6, 6.07) is 0.306. The van der Waals surface area contributed by atoms with E-state index in [-0.39, 0.29) is 0 Å². The van der Waals surface area contributed by atoms with Crippen LogP contribution >= 0.6 is 0 Å². The average Bonchev–Trinajstić information content (AvgIpc) is 2.32. The van der Waals surface area contributed by atoms with E-state index >= 15 is 0 Å². The summed E-state index contributed by atoms with van der Waals surface area (Å²) in [4.78, 5) is 2.13. The summed E-state index contributed by atoms with van der Waals surface area (Å²) in [6.45, 7) is 4.23. The van der Waals surface area contributed by atoms with Gasteiger partial charge in [0.25, 0.3) is 0 Å². The Kier molecular flexibility index (Phi) is 3.27. The molecular weight excluding hydrogens is 145 g/mol. The lowest BCUT2D eigenvalue weighted by Gasteiger charge is -2.20. The van der Waals surface area contributed by atoms with Crippen molar-refractivity contribution < 1.29 is 9.13 Å². The minimum Gasteiger partial charge on any atom is -0.383 e. The summed E-state index contributed by atoms with van der Waals surface area (Å²) in [5, 5.41) is 0. The Labute approximate surface area is 67.3 Å². The molecular formula is C8H16FNO. The molecule has 1 unspecified atom stereocenters. The molecule has 0 aliphatic carbocycles. The Hall–Kier alpha value is -0.150. The van der Waals surface area contributed by atoms with Crippen LogP contribution in [0.5, 0.6) is 0 Å². The maximum Gasteiger partial charge on any atom is 0.114 e. The second kappa shape index (κ2) is 4.02. The predicted molar refractivity (Wildman–Crippen MR) is 42.4 cm³/mol. The van der Waals surface area contributed by atoms with E-state index in [4.69, 9.17) is 4.74 Å². The lowest BCUT2D eigenvalue weighted by Crippen LogP contribution is -2.32. The highest BCUT2D eigenvalue weighted by Crippen LogP contribution is 2.19. The fraction of sp³-hybridized carbons (Fsp3) is 1.00. The van der Waals surface area contributed by atoms with Crippen molar-refractivity contribution in [3.8, 4) is 0 Å². The molecule has 0 N–H and O–H groups in total. The zero-order chi connectivity index (χ0) is 8.27. The highest BCUT2D eigenvalue weighted by atomic mass is 19.1. The molecule has 0 aromatic rings. The lowest BCUT2D eigenvalue weighted by atomic mass is 10.2. The van der Waals surface area contributed by atoms with Crippen molar-refractivity contribution in [3.63, 3.8) is 0 Å². The molecule has 0 spiro atoms. The third-order valence-corrected chi connectivity index (χ3v) is 2.24. The van der Waals surface area contributed by atoms with Crippen LogP contribution in [-0.2, 0) is 4.74 Å². The van der Waals surface area contributed by atoms with Gasteiger partial charge in [0.15, 0.2) is 0 Å². The van der Waals surface area contributed by atoms with Gasteiger partial charge in [-0.1, -0.05) is 6.92 Å². The maximum absolute atomic E-state index is 12.8. The van der Waals surface area contributed by atoms with E-state index in [1.807, 2.05) is 0 Å². The van der Waals surface area contributed by atoms with Crippen molar-refractivity contribution in [2.75, 3.05) is 26.8 Å². The summed E-state index contributed by atoms with van der Waals surface area (Å²) >= 11 is 0. The Morgan fingerprint density at radius 3 is 2.91 bits per heavy atom. The number of halogens is 1. The topological polar surface area (TPSA) is 12.5 Å². The molecule has 2 atom stereocenters. The molecule has 11 heavy (non-hydrogen) atoms. The Balaban J connectivity index is 2.37. The minimum absolute atomic E-state index is 0.306. The highest BCUT2D eigenvalue weighted by Gasteiger charge is 2.30. The summed E-state index contributed by atoms with van der Waals surface area (Å²) in [5.41, 5.74) is 0. The van der Waals surface area contributed by atoms with Crippen molar-refractivity contribution in [3.05, 3.63) is 0 Å². The standard InChI is InChI=1S/C8H16FNO/c1-3-10-5-7(9)4-8(10)6-11-2/h7-8H,3-6H2,1-2H3/t7-,8?/m1/s1. The Morgan fingerprint density at radius 1 is 1.64 bits per heavy atom. The van der Waals surface area contributed by atoms with Gasteiger partial charge in [0.05, 0.1) is 6.61 Å². The Morgan fingerprint density at radius 2 is 2.36 bits per heavy atom. The number of ether oxygens (including phenoxy) is 1. The molecule has 0 aromatic heterocycles. The lowest BCUT2D eigenvalue weighted by molar-refractivity contribution is 0.119. The van der Waals surface area contributed by atoms with Crippen molar-refractivity contribution >= 4 is 0 Å². The van der Waals surface area contributed by atoms with Crippen LogP contribution in [0.1, 0.15) is 13.3 Å². The van der Waals surface area contributed by atoms with Gasteiger partial charge in [-0.25, -0.2) is 4.39 Å². The third-order valence-electron chi connectivity index (χ3n) is 2.24. The van der Waals surface area contributed by atoms with Crippen LogP contribution in [0.4, 0.5) is 4.39 Å². The highest BCUT2D eigenvalue weighted by molar-refractivity contribution is 4.84. The fourth-order valence-corrected chi connectivity index (χ4v) is 1.68. The number of likely N-dealkylation sites (tertiary alicyclic amines) is 1. The van der Waals surface area contributed by atoms with Gasteiger partial charge in [0.1, 0.15) is 6.17 Å². The molecule has 1 rings (SSSR count). The van der Waals surface area contributed by atoms with E-state index < -0.39 is 6.17 Å². The first kappa shape index (κ1) is 8.94. The number of rotatable bonds is 3. The summed E-state index contributed by atoms with van der Waals surface area (Å²) in [6.07, 6.45) is -0.00287. The molecule has 0 aromatic carbocycles. The van der Waals surface area contributed by atoms with Crippen molar-refractivity contribution in [2.45, 2.75) is 25.6 Å². The van der Waals surface area contributed by atoms with Crippen LogP contribution in [-0.4, -0.2) is 43.9 Å². The second-order valence-corrected chi connectivity index (χ2v) is 3.03. The normalized spacial score (nSPS) is 33.0. The van der Waals surface area contributed by atoms with Gasteiger partial charge < -0.3 is 4.74 Å². The van der Waals surface area contributed by atoms with Gasteiger partial charge >= 0.3 is 0 Å². The molecule has 0 bridgehead atoms. The molecule has 1 aliphatic heterocycles. The molecule has 0 amide bonds. The molecule has 3 heteroatoms. The smallest absolute Gasteiger partial charge is 0.114 e. The quantitative estimate of drug-likeness (QED) is 0.613. The van der Waals surface area contributed by atoms with Gasteiger partial charge in [-0.15, -0.1) is 0 Å².